The average molecular weight is 501 g/mol. The number of nitrogens with zero attached hydrogens (tertiary/aromatic N) is 2. The van der Waals surface area contributed by atoms with E-state index in [1.807, 2.05) is 37.3 Å². The summed E-state index contributed by atoms with van der Waals surface area (Å²) in [5, 5.41) is 9.76. The van der Waals surface area contributed by atoms with Gasteiger partial charge in [0.25, 0.3) is 0 Å². The molecule has 3 rings (SSSR count). The zero-order valence-corrected chi connectivity index (χ0v) is 21.3. The molecule has 1 aliphatic rings. The van der Waals surface area contributed by atoms with E-state index in [0.717, 1.165) is 5.56 Å². The Bertz CT molecular complexity index is 1190. The molecule has 1 amide bonds. The standard InChI is InChI=1S/C26H32N2O6S/c1-19-15-28(20(2)17-29)35(31,32)25-13-12-22(11-10-21-8-6-5-7-9-21)14-23(25)34-24(19)16-27(3)26(30)18-33-4/h5-9,12-14,19-20,24,29H,15-18H2,1-4H3/t19-,20+,24+/m0/s1. The number of ether oxygens (including phenoxy) is 2. The van der Waals surface area contributed by atoms with E-state index in [1.54, 1.807) is 26.1 Å². The van der Waals surface area contributed by atoms with Gasteiger partial charge < -0.3 is 19.5 Å². The number of fused-ring (bicyclic) bond motifs is 1. The second-order valence-corrected chi connectivity index (χ2v) is 10.6. The molecule has 188 valence electrons. The van der Waals surface area contributed by atoms with Gasteiger partial charge in [-0.05, 0) is 37.3 Å². The van der Waals surface area contributed by atoms with Crippen LogP contribution in [0.25, 0.3) is 0 Å². The topological polar surface area (TPSA) is 96.4 Å². The molecule has 1 heterocycles. The summed E-state index contributed by atoms with van der Waals surface area (Å²) in [5.74, 6) is 5.82. The first kappa shape index (κ1) is 26.7. The zero-order valence-electron chi connectivity index (χ0n) is 20.5. The van der Waals surface area contributed by atoms with E-state index in [9.17, 15) is 18.3 Å². The van der Waals surface area contributed by atoms with Crippen molar-refractivity contribution in [2.24, 2.45) is 5.92 Å². The number of carbonyl (C=O) groups is 1. The van der Waals surface area contributed by atoms with Crippen molar-refractivity contribution in [1.29, 1.82) is 0 Å². The van der Waals surface area contributed by atoms with Crippen molar-refractivity contribution in [2.75, 3.05) is 40.5 Å². The molecule has 0 saturated carbocycles. The molecule has 0 aliphatic carbocycles. The number of methoxy groups -OCH3 is 1. The molecule has 35 heavy (non-hydrogen) atoms. The fraction of sp³-hybridized carbons (Fsp3) is 0.423. The number of amides is 1. The largest absolute Gasteiger partial charge is 0.487 e. The first-order valence-corrected chi connectivity index (χ1v) is 12.8. The van der Waals surface area contributed by atoms with E-state index in [0.29, 0.717) is 5.56 Å². The SMILES string of the molecule is COCC(=O)N(C)C[C@H]1Oc2cc(C#Cc3ccccc3)ccc2S(=O)(=O)N([C@H](C)CO)C[C@@H]1C. The molecule has 0 aromatic heterocycles. The highest BCUT2D eigenvalue weighted by Gasteiger charge is 2.38. The van der Waals surface area contributed by atoms with E-state index in [-0.39, 0.29) is 48.8 Å². The van der Waals surface area contributed by atoms with Gasteiger partial charge in [0.15, 0.2) is 0 Å². The minimum Gasteiger partial charge on any atom is -0.487 e. The molecule has 0 radical (unpaired) electrons. The first-order valence-electron chi connectivity index (χ1n) is 11.4. The van der Waals surface area contributed by atoms with E-state index < -0.39 is 22.2 Å². The minimum absolute atomic E-state index is 0.00540. The number of aliphatic hydroxyl groups is 1. The molecular weight excluding hydrogens is 468 g/mol. The summed E-state index contributed by atoms with van der Waals surface area (Å²) in [7, 11) is -0.839. The Kier molecular flexibility index (Phi) is 8.92. The second-order valence-electron chi connectivity index (χ2n) is 8.72. The quantitative estimate of drug-likeness (QED) is 0.610. The lowest BCUT2D eigenvalue weighted by atomic mass is 10.0. The van der Waals surface area contributed by atoms with Crippen LogP contribution in [0.1, 0.15) is 25.0 Å². The Morgan fingerprint density at radius 3 is 2.57 bits per heavy atom. The van der Waals surface area contributed by atoms with Crippen molar-refractivity contribution < 1.29 is 27.8 Å². The van der Waals surface area contributed by atoms with Crippen LogP contribution in [0.15, 0.2) is 53.4 Å². The fourth-order valence-electron chi connectivity index (χ4n) is 3.79. The van der Waals surface area contributed by atoms with Crippen molar-refractivity contribution >= 4 is 15.9 Å². The maximum Gasteiger partial charge on any atom is 0.248 e. The molecule has 2 aromatic rings. The third-order valence-electron chi connectivity index (χ3n) is 5.94. The second kappa shape index (κ2) is 11.7. The first-order chi connectivity index (χ1) is 16.7. The summed E-state index contributed by atoms with van der Waals surface area (Å²) < 4.78 is 39.6. The molecule has 0 fully saturated rings. The van der Waals surface area contributed by atoms with E-state index in [1.165, 1.54) is 22.4 Å². The van der Waals surface area contributed by atoms with Gasteiger partial charge in [0, 0.05) is 43.8 Å². The number of rotatable bonds is 6. The van der Waals surface area contributed by atoms with Crippen molar-refractivity contribution in [2.45, 2.75) is 30.9 Å². The molecule has 3 atom stereocenters. The Morgan fingerprint density at radius 2 is 1.91 bits per heavy atom. The third-order valence-corrected chi connectivity index (χ3v) is 7.96. The summed E-state index contributed by atoms with van der Waals surface area (Å²) in [6, 6.07) is 13.6. The summed E-state index contributed by atoms with van der Waals surface area (Å²) in [4.78, 5) is 13.8. The van der Waals surface area contributed by atoms with Gasteiger partial charge in [0.1, 0.15) is 23.4 Å². The smallest absolute Gasteiger partial charge is 0.248 e. The molecule has 8 nitrogen and oxygen atoms in total. The third kappa shape index (κ3) is 6.41. The van der Waals surface area contributed by atoms with E-state index in [2.05, 4.69) is 11.8 Å². The predicted molar refractivity (Wildman–Crippen MR) is 132 cm³/mol. The summed E-state index contributed by atoms with van der Waals surface area (Å²) >= 11 is 0. The van der Waals surface area contributed by atoms with Gasteiger partial charge in [-0.15, -0.1) is 0 Å². The molecule has 0 saturated heterocycles. The molecule has 0 unspecified atom stereocenters. The molecule has 9 heteroatoms. The number of likely N-dealkylation sites (N-methyl/N-ethyl adjacent to an activating group) is 1. The van der Waals surface area contributed by atoms with Crippen LogP contribution in [0.4, 0.5) is 0 Å². The molecular formula is C26H32N2O6S. The van der Waals surface area contributed by atoms with Crippen LogP contribution in [0.2, 0.25) is 0 Å². The molecule has 0 spiro atoms. The van der Waals surface area contributed by atoms with Crippen molar-refractivity contribution in [1.82, 2.24) is 9.21 Å². The number of sulfonamides is 1. The summed E-state index contributed by atoms with van der Waals surface area (Å²) in [6.07, 6.45) is -0.499. The van der Waals surface area contributed by atoms with E-state index in [4.69, 9.17) is 9.47 Å². The Labute approximate surface area is 207 Å². The summed E-state index contributed by atoms with van der Waals surface area (Å²) in [5.41, 5.74) is 1.43. The van der Waals surface area contributed by atoms with Gasteiger partial charge >= 0.3 is 0 Å². The number of hydrogen-bond donors (Lipinski definition) is 1. The molecule has 2 aromatic carbocycles. The fourth-order valence-corrected chi connectivity index (χ4v) is 5.62. The van der Waals surface area contributed by atoms with E-state index >= 15 is 0 Å². The number of carbonyl (C=O) groups excluding carboxylic acids is 1. The summed E-state index contributed by atoms with van der Waals surface area (Å²) in [6.45, 7) is 3.53. The van der Waals surface area contributed by atoms with Gasteiger partial charge in [-0.25, -0.2) is 8.42 Å². The van der Waals surface area contributed by atoms with Crippen molar-refractivity contribution in [3.63, 3.8) is 0 Å². The van der Waals surface area contributed by atoms with Gasteiger partial charge in [0.05, 0.1) is 13.2 Å². The van der Waals surface area contributed by atoms with Crippen LogP contribution < -0.4 is 4.74 Å². The lowest BCUT2D eigenvalue weighted by Crippen LogP contribution is -2.50. The molecule has 0 bridgehead atoms. The predicted octanol–water partition coefficient (Wildman–Crippen LogP) is 1.96. The lowest BCUT2D eigenvalue weighted by Gasteiger charge is -2.37. The molecule has 1 N–H and O–H groups in total. The van der Waals surface area contributed by atoms with Crippen LogP contribution >= 0.6 is 0 Å². The Balaban J connectivity index is 2.04. The van der Waals surface area contributed by atoms with Crippen LogP contribution in [0, 0.1) is 17.8 Å². The van der Waals surface area contributed by atoms with Gasteiger partial charge in [0.2, 0.25) is 15.9 Å². The maximum atomic E-state index is 13.6. The highest BCUT2D eigenvalue weighted by molar-refractivity contribution is 7.89. The average Bonchev–Trinajstić information content (AvgIpc) is 2.85. The lowest BCUT2D eigenvalue weighted by molar-refractivity contribution is -0.135. The van der Waals surface area contributed by atoms with Gasteiger partial charge in [-0.1, -0.05) is 37.0 Å². The minimum atomic E-state index is -3.95. The normalized spacial score (nSPS) is 20.3. The number of hydrogen-bond acceptors (Lipinski definition) is 6. The Hall–Kier alpha value is -2.90. The highest BCUT2D eigenvalue weighted by atomic mass is 32.2. The van der Waals surface area contributed by atoms with Crippen molar-refractivity contribution in [3.05, 3.63) is 59.7 Å². The van der Waals surface area contributed by atoms with Crippen LogP contribution in [0.5, 0.6) is 5.75 Å². The molecule has 1 aliphatic heterocycles. The highest BCUT2D eigenvalue weighted by Crippen LogP contribution is 2.34. The number of benzene rings is 2. The Morgan fingerprint density at radius 1 is 1.23 bits per heavy atom. The maximum absolute atomic E-state index is 13.6. The zero-order chi connectivity index (χ0) is 25.6. The number of aliphatic hydroxyl groups excluding tert-OH is 1. The van der Waals surface area contributed by atoms with Crippen molar-refractivity contribution in [3.8, 4) is 17.6 Å². The van der Waals surface area contributed by atoms with Gasteiger partial charge in [-0.3, -0.25) is 4.79 Å². The monoisotopic (exact) mass is 500 g/mol. The van der Waals surface area contributed by atoms with Gasteiger partial charge in [-0.2, -0.15) is 4.31 Å². The van der Waals surface area contributed by atoms with Crippen LogP contribution in [-0.4, -0.2) is 81.2 Å². The van der Waals surface area contributed by atoms with Crippen LogP contribution in [-0.2, 0) is 19.6 Å². The van der Waals surface area contributed by atoms with Crippen LogP contribution in [0.3, 0.4) is 0 Å².